The summed E-state index contributed by atoms with van der Waals surface area (Å²) in [5, 5.41) is 33.1. The molecule has 0 spiro atoms. The number of methoxy groups -OCH3 is 2. The Hall–Kier alpha value is -5.34. The van der Waals surface area contributed by atoms with Crippen LogP contribution in [0.4, 0.5) is 0 Å². The highest BCUT2D eigenvalue weighted by molar-refractivity contribution is 7.98. The van der Waals surface area contributed by atoms with E-state index in [0.717, 1.165) is 97.8 Å². The molecule has 14 heteroatoms. The number of phenolic OH excluding ortho intramolecular Hbond substituents is 1. The summed E-state index contributed by atoms with van der Waals surface area (Å²) in [4.78, 5) is 20.9. The van der Waals surface area contributed by atoms with E-state index in [9.17, 15) is 15.0 Å². The van der Waals surface area contributed by atoms with Crippen molar-refractivity contribution in [2.75, 3.05) is 20.8 Å². The second-order valence-electron chi connectivity index (χ2n) is 15.0. The lowest BCUT2D eigenvalue weighted by Gasteiger charge is -2.22. The van der Waals surface area contributed by atoms with E-state index in [-0.39, 0.29) is 12.4 Å². The standard InChI is InChI=1S/C45H48ClN7O5S/c1-50-43-35(34(10-8-20-54)44(50)45(56)58-4)16-17-36(46)40(43)41-37(49-53-19-6-5-11-38(41)53)26-52(24-28-12-14-32(57-3)15-13-28)25-30-22-31(51(2)48-30)27-59-33-21-29-9-7-18-47-42(29)39(55)23-33/h7,9,12-18,21-23,54-55H,5-6,8,10-11,19-20,24-27H2,1-4H3. The van der Waals surface area contributed by atoms with Gasteiger partial charge in [-0.2, -0.15) is 10.2 Å². The van der Waals surface area contributed by atoms with E-state index < -0.39 is 5.97 Å². The predicted molar refractivity (Wildman–Crippen MR) is 231 cm³/mol. The molecule has 0 bridgehead atoms. The monoisotopic (exact) mass is 833 g/mol. The number of aliphatic hydroxyl groups is 1. The van der Waals surface area contributed by atoms with Crippen LogP contribution in [0.2, 0.25) is 5.02 Å². The maximum atomic E-state index is 13.3. The number of halogens is 1. The van der Waals surface area contributed by atoms with Crippen molar-refractivity contribution in [2.24, 2.45) is 14.1 Å². The molecule has 0 saturated heterocycles. The topological polar surface area (TPSA) is 133 Å². The van der Waals surface area contributed by atoms with Gasteiger partial charge in [0.2, 0.25) is 0 Å². The maximum absolute atomic E-state index is 13.3. The molecule has 59 heavy (non-hydrogen) atoms. The fourth-order valence-corrected chi connectivity index (χ4v) is 9.65. The Bertz CT molecular complexity index is 2650. The lowest BCUT2D eigenvalue weighted by molar-refractivity contribution is 0.0589. The van der Waals surface area contributed by atoms with Gasteiger partial charge < -0.3 is 24.3 Å². The summed E-state index contributed by atoms with van der Waals surface area (Å²) in [6.07, 6.45) is 5.63. The first-order valence-corrected chi connectivity index (χ1v) is 21.2. The van der Waals surface area contributed by atoms with Crippen molar-refractivity contribution in [1.29, 1.82) is 0 Å². The Morgan fingerprint density at radius 1 is 0.983 bits per heavy atom. The number of ether oxygens (including phenoxy) is 2. The van der Waals surface area contributed by atoms with Crippen molar-refractivity contribution in [3.63, 3.8) is 0 Å². The molecule has 0 unspecified atom stereocenters. The zero-order valence-corrected chi connectivity index (χ0v) is 35.3. The molecular weight excluding hydrogens is 786 g/mol. The van der Waals surface area contributed by atoms with Gasteiger partial charge >= 0.3 is 5.97 Å². The molecule has 1 aliphatic heterocycles. The Morgan fingerprint density at radius 3 is 2.59 bits per heavy atom. The summed E-state index contributed by atoms with van der Waals surface area (Å²) in [6.45, 7) is 2.49. The zero-order chi connectivity index (χ0) is 41.2. The van der Waals surface area contributed by atoms with E-state index in [1.165, 1.54) is 7.11 Å². The van der Waals surface area contributed by atoms with Gasteiger partial charge in [0, 0.05) is 97.0 Å². The summed E-state index contributed by atoms with van der Waals surface area (Å²) >= 11 is 8.90. The van der Waals surface area contributed by atoms with Gasteiger partial charge in [-0.15, -0.1) is 11.8 Å². The number of benzene rings is 3. The zero-order valence-electron chi connectivity index (χ0n) is 33.7. The van der Waals surface area contributed by atoms with Crippen LogP contribution in [0, 0.1) is 0 Å². The van der Waals surface area contributed by atoms with E-state index in [4.69, 9.17) is 31.3 Å². The highest BCUT2D eigenvalue weighted by Crippen LogP contribution is 2.44. The molecule has 8 rings (SSSR count). The van der Waals surface area contributed by atoms with Gasteiger partial charge in [0.1, 0.15) is 22.7 Å². The number of carbonyl (C=O) groups excluding carboxylic acids is 1. The molecule has 1 aliphatic rings. The average molecular weight is 834 g/mol. The van der Waals surface area contributed by atoms with Gasteiger partial charge in [0.15, 0.2) is 0 Å². The number of aliphatic hydroxyl groups excluding tert-OH is 1. The first-order chi connectivity index (χ1) is 28.7. The number of fused-ring (bicyclic) bond motifs is 3. The molecule has 5 heterocycles. The summed E-state index contributed by atoms with van der Waals surface area (Å²) in [5.74, 6) is 1.20. The number of pyridine rings is 1. The third-order valence-corrected chi connectivity index (χ3v) is 12.5. The number of rotatable bonds is 15. The van der Waals surface area contributed by atoms with Gasteiger partial charge in [-0.25, -0.2) is 4.79 Å². The van der Waals surface area contributed by atoms with Crippen LogP contribution >= 0.6 is 23.4 Å². The minimum absolute atomic E-state index is 0.00602. The molecule has 2 N–H and O–H groups in total. The summed E-state index contributed by atoms with van der Waals surface area (Å²) in [6, 6.07) is 21.8. The maximum Gasteiger partial charge on any atom is 0.354 e. The van der Waals surface area contributed by atoms with Gasteiger partial charge in [-0.3, -0.25) is 19.2 Å². The molecule has 12 nitrogen and oxygen atoms in total. The second-order valence-corrected chi connectivity index (χ2v) is 16.5. The Labute approximate surface area is 352 Å². The van der Waals surface area contributed by atoms with Crippen molar-refractivity contribution >= 4 is 51.1 Å². The van der Waals surface area contributed by atoms with Crippen molar-refractivity contribution in [1.82, 2.24) is 34.0 Å². The number of aromatic hydroxyl groups is 1. The van der Waals surface area contributed by atoms with Crippen LogP contribution in [0.25, 0.3) is 32.9 Å². The van der Waals surface area contributed by atoms with Crippen LogP contribution in [-0.4, -0.2) is 71.0 Å². The SMILES string of the molecule is COC(=O)c1c(CCCO)c2ccc(Cl)c(-c3c(CN(Cc4ccc(OC)cc4)Cc4cc(CSc5cc(O)c6ncccc6c5)n(C)n4)nn4c3CCCC4)c2n1C. The molecular formula is C45H48ClN7O5S. The number of nitrogens with zero attached hydrogens (tertiary/aromatic N) is 7. The number of aryl methyl sites for hydroxylation is 4. The van der Waals surface area contributed by atoms with Crippen LogP contribution in [0.15, 0.2) is 77.8 Å². The molecule has 7 aromatic rings. The van der Waals surface area contributed by atoms with Crippen LogP contribution in [0.3, 0.4) is 0 Å². The van der Waals surface area contributed by atoms with Gasteiger partial charge in [0.05, 0.1) is 36.1 Å². The smallest absolute Gasteiger partial charge is 0.354 e. The number of carbonyl (C=O) groups is 1. The van der Waals surface area contributed by atoms with E-state index in [0.29, 0.717) is 54.5 Å². The van der Waals surface area contributed by atoms with Crippen LogP contribution in [0.1, 0.15) is 63.7 Å². The largest absolute Gasteiger partial charge is 0.506 e. The fraction of sp³-hybridized carbons (Fsp3) is 0.333. The quantitative estimate of drug-likeness (QED) is 0.0769. The van der Waals surface area contributed by atoms with Crippen molar-refractivity contribution in [3.8, 4) is 22.6 Å². The number of hydrogen-bond acceptors (Lipinski definition) is 10. The molecule has 0 fully saturated rings. The molecule has 4 aromatic heterocycles. The van der Waals surface area contributed by atoms with Crippen LogP contribution < -0.4 is 4.74 Å². The van der Waals surface area contributed by atoms with Gasteiger partial charge in [-0.05, 0) is 85.7 Å². The minimum Gasteiger partial charge on any atom is -0.506 e. The summed E-state index contributed by atoms with van der Waals surface area (Å²) < 4.78 is 16.7. The molecule has 306 valence electrons. The molecule has 0 saturated carbocycles. The van der Waals surface area contributed by atoms with Crippen molar-refractivity contribution < 1.29 is 24.5 Å². The minimum atomic E-state index is -0.428. The highest BCUT2D eigenvalue weighted by Gasteiger charge is 2.30. The third kappa shape index (κ3) is 8.16. The average Bonchev–Trinajstić information content (AvgIpc) is 3.88. The molecule has 0 atom stereocenters. The number of hydrogen-bond donors (Lipinski definition) is 2. The lowest BCUT2D eigenvalue weighted by Crippen LogP contribution is -2.23. The molecule has 3 aromatic carbocycles. The first-order valence-electron chi connectivity index (χ1n) is 19.8. The Kier molecular flexibility index (Phi) is 12.0. The van der Waals surface area contributed by atoms with Gasteiger partial charge in [-0.1, -0.05) is 35.9 Å². The van der Waals surface area contributed by atoms with Crippen LogP contribution in [-0.2, 0) is 63.6 Å². The first kappa shape index (κ1) is 40.4. The lowest BCUT2D eigenvalue weighted by atomic mass is 9.95. The van der Waals surface area contributed by atoms with Crippen molar-refractivity contribution in [3.05, 3.63) is 118 Å². The van der Waals surface area contributed by atoms with Gasteiger partial charge in [0.25, 0.3) is 0 Å². The number of phenols is 1. The predicted octanol–water partition coefficient (Wildman–Crippen LogP) is 8.23. The fourth-order valence-electron chi connectivity index (χ4n) is 8.42. The summed E-state index contributed by atoms with van der Waals surface area (Å²) in [7, 11) is 6.92. The number of thioether (sulfide) groups is 1. The molecule has 0 aliphatic carbocycles. The Balaban J connectivity index is 1.17. The van der Waals surface area contributed by atoms with E-state index in [1.807, 2.05) is 59.7 Å². The molecule has 0 amide bonds. The highest BCUT2D eigenvalue weighted by atomic mass is 35.5. The summed E-state index contributed by atoms with van der Waals surface area (Å²) in [5.41, 5.74) is 9.71. The Morgan fingerprint density at radius 2 is 1.81 bits per heavy atom. The van der Waals surface area contributed by atoms with E-state index in [2.05, 4.69) is 38.8 Å². The van der Waals surface area contributed by atoms with E-state index >= 15 is 0 Å². The third-order valence-electron chi connectivity index (χ3n) is 11.2. The van der Waals surface area contributed by atoms with E-state index in [1.54, 1.807) is 31.1 Å². The second kappa shape index (κ2) is 17.5. The van der Waals surface area contributed by atoms with Crippen LogP contribution in [0.5, 0.6) is 11.5 Å². The number of esters is 1. The normalized spacial score (nSPS) is 12.8. The number of aromatic nitrogens is 6. The molecule has 0 radical (unpaired) electrons. The van der Waals surface area contributed by atoms with Crippen molar-refractivity contribution in [2.45, 2.75) is 68.9 Å².